The lowest BCUT2D eigenvalue weighted by molar-refractivity contribution is 0.774. The van der Waals surface area contributed by atoms with Crippen molar-refractivity contribution in [3.63, 3.8) is 0 Å². The summed E-state index contributed by atoms with van der Waals surface area (Å²) in [4.78, 5) is 8.57. The number of nitrogens with zero attached hydrogens (tertiary/aromatic N) is 8. The van der Waals surface area contributed by atoms with Gasteiger partial charge in [0.2, 0.25) is 0 Å². The van der Waals surface area contributed by atoms with Gasteiger partial charge < -0.3 is 5.73 Å². The van der Waals surface area contributed by atoms with Gasteiger partial charge in [0.05, 0.1) is 11.0 Å². The SMILES string of the molecule is Nc1c(-n2nnc3ccccc32)ncnc1-n1nnc2ccccc21. The quantitative estimate of drug-likeness (QED) is 0.522. The smallest absolute Gasteiger partial charge is 0.184 e. The van der Waals surface area contributed by atoms with Crippen LogP contribution in [0.15, 0.2) is 54.9 Å². The second kappa shape index (κ2) is 5.06. The van der Waals surface area contributed by atoms with Gasteiger partial charge in [0.1, 0.15) is 23.0 Å². The molecule has 5 aromatic rings. The molecule has 0 saturated heterocycles. The molecular formula is C16H11N9. The van der Waals surface area contributed by atoms with E-state index in [9.17, 15) is 0 Å². The Balaban J connectivity index is 1.75. The molecule has 0 saturated carbocycles. The van der Waals surface area contributed by atoms with Gasteiger partial charge in [0.25, 0.3) is 0 Å². The molecule has 5 rings (SSSR count). The van der Waals surface area contributed by atoms with Crippen LogP contribution in [0.25, 0.3) is 33.7 Å². The Morgan fingerprint density at radius 2 is 1.16 bits per heavy atom. The summed E-state index contributed by atoms with van der Waals surface area (Å²) >= 11 is 0. The third-order valence-electron chi connectivity index (χ3n) is 3.95. The Bertz CT molecular complexity index is 1130. The van der Waals surface area contributed by atoms with E-state index >= 15 is 0 Å². The minimum absolute atomic E-state index is 0.341. The first kappa shape index (κ1) is 13.5. The second-order valence-corrected chi connectivity index (χ2v) is 5.41. The van der Waals surface area contributed by atoms with E-state index in [0.717, 1.165) is 22.1 Å². The molecule has 0 amide bonds. The van der Waals surface area contributed by atoms with Gasteiger partial charge in [-0.25, -0.2) is 9.97 Å². The van der Waals surface area contributed by atoms with Gasteiger partial charge in [-0.1, -0.05) is 34.7 Å². The molecule has 3 aromatic heterocycles. The van der Waals surface area contributed by atoms with Crippen LogP contribution in [0.4, 0.5) is 5.69 Å². The van der Waals surface area contributed by atoms with Crippen molar-refractivity contribution in [3.8, 4) is 11.6 Å². The molecule has 120 valence electrons. The number of hydrogen-bond acceptors (Lipinski definition) is 7. The summed E-state index contributed by atoms with van der Waals surface area (Å²) in [6.07, 6.45) is 1.42. The van der Waals surface area contributed by atoms with Crippen LogP contribution < -0.4 is 5.73 Å². The van der Waals surface area contributed by atoms with E-state index in [2.05, 4.69) is 30.6 Å². The summed E-state index contributed by atoms with van der Waals surface area (Å²) in [6.45, 7) is 0. The number of nitrogen functional groups attached to an aromatic ring is 1. The monoisotopic (exact) mass is 329 g/mol. The molecule has 0 aliphatic heterocycles. The number of rotatable bonds is 2. The highest BCUT2D eigenvalue weighted by atomic mass is 15.5. The lowest BCUT2D eigenvalue weighted by Gasteiger charge is -2.09. The zero-order valence-electron chi connectivity index (χ0n) is 12.9. The van der Waals surface area contributed by atoms with Crippen molar-refractivity contribution in [2.24, 2.45) is 0 Å². The van der Waals surface area contributed by atoms with Crippen LogP contribution in [0.2, 0.25) is 0 Å². The molecule has 0 atom stereocenters. The first-order chi connectivity index (χ1) is 12.3. The Kier molecular flexibility index (Phi) is 2.74. The molecule has 0 bridgehead atoms. The van der Waals surface area contributed by atoms with Gasteiger partial charge in [-0.05, 0) is 24.3 Å². The standard InChI is InChI=1S/C16H11N9/c17-14-15(24-12-7-3-1-5-10(12)20-22-24)18-9-19-16(14)25-13-8-4-2-6-11(13)21-23-25/h1-9H,17H2. The van der Waals surface area contributed by atoms with E-state index < -0.39 is 0 Å². The van der Waals surface area contributed by atoms with Gasteiger partial charge >= 0.3 is 0 Å². The molecule has 0 aliphatic carbocycles. The highest BCUT2D eigenvalue weighted by molar-refractivity contribution is 5.80. The largest absolute Gasteiger partial charge is 0.393 e. The van der Waals surface area contributed by atoms with E-state index in [4.69, 9.17) is 5.73 Å². The molecule has 0 aliphatic rings. The normalized spacial score (nSPS) is 11.4. The molecule has 9 heteroatoms. The third kappa shape index (κ3) is 1.96. The highest BCUT2D eigenvalue weighted by Crippen LogP contribution is 2.24. The highest BCUT2D eigenvalue weighted by Gasteiger charge is 2.17. The minimum atomic E-state index is 0.341. The Labute approximate surface area is 140 Å². The van der Waals surface area contributed by atoms with E-state index in [1.54, 1.807) is 9.36 Å². The van der Waals surface area contributed by atoms with Crippen molar-refractivity contribution in [1.82, 2.24) is 40.0 Å². The number of aromatic nitrogens is 8. The average molecular weight is 329 g/mol. The average Bonchev–Trinajstić information content (AvgIpc) is 3.26. The van der Waals surface area contributed by atoms with Gasteiger partial charge in [0.15, 0.2) is 11.6 Å². The number of hydrogen-bond donors (Lipinski definition) is 1. The molecule has 25 heavy (non-hydrogen) atoms. The van der Waals surface area contributed by atoms with Crippen LogP contribution in [-0.4, -0.2) is 40.0 Å². The number of fused-ring (bicyclic) bond motifs is 2. The molecule has 3 heterocycles. The minimum Gasteiger partial charge on any atom is -0.393 e. The fraction of sp³-hybridized carbons (Fsp3) is 0. The van der Waals surface area contributed by atoms with Crippen molar-refractivity contribution in [2.45, 2.75) is 0 Å². The van der Waals surface area contributed by atoms with Crippen LogP contribution in [0.3, 0.4) is 0 Å². The molecule has 0 radical (unpaired) electrons. The molecule has 9 nitrogen and oxygen atoms in total. The zero-order chi connectivity index (χ0) is 16.8. The summed E-state index contributed by atoms with van der Waals surface area (Å²) in [5.74, 6) is 0.886. The Morgan fingerprint density at radius 3 is 1.68 bits per heavy atom. The Hall–Kier alpha value is -3.88. The van der Waals surface area contributed by atoms with Gasteiger partial charge in [-0.15, -0.1) is 10.2 Å². The topological polar surface area (TPSA) is 113 Å². The van der Waals surface area contributed by atoms with Crippen LogP contribution in [0.5, 0.6) is 0 Å². The number of nitrogens with two attached hydrogens (primary N) is 1. The molecule has 2 aromatic carbocycles. The van der Waals surface area contributed by atoms with E-state index in [0.29, 0.717) is 17.3 Å². The van der Waals surface area contributed by atoms with Crippen molar-refractivity contribution in [2.75, 3.05) is 5.73 Å². The van der Waals surface area contributed by atoms with Gasteiger partial charge in [-0.2, -0.15) is 9.36 Å². The van der Waals surface area contributed by atoms with Crippen molar-refractivity contribution in [1.29, 1.82) is 0 Å². The summed E-state index contributed by atoms with van der Waals surface area (Å²) in [7, 11) is 0. The van der Waals surface area contributed by atoms with Crippen LogP contribution in [-0.2, 0) is 0 Å². The van der Waals surface area contributed by atoms with Gasteiger partial charge in [0, 0.05) is 0 Å². The number of para-hydroxylation sites is 2. The van der Waals surface area contributed by atoms with Crippen molar-refractivity contribution < 1.29 is 0 Å². The summed E-state index contributed by atoms with van der Waals surface area (Å²) in [5, 5.41) is 16.6. The lowest BCUT2D eigenvalue weighted by atomic mass is 10.3. The first-order valence-corrected chi connectivity index (χ1v) is 7.55. The van der Waals surface area contributed by atoms with Crippen molar-refractivity contribution >= 4 is 27.8 Å². The molecule has 0 spiro atoms. The third-order valence-corrected chi connectivity index (χ3v) is 3.95. The van der Waals surface area contributed by atoms with Crippen LogP contribution >= 0.6 is 0 Å². The predicted molar refractivity (Wildman–Crippen MR) is 91.3 cm³/mol. The van der Waals surface area contributed by atoms with Crippen LogP contribution in [0, 0.1) is 0 Å². The number of benzene rings is 2. The fourth-order valence-electron chi connectivity index (χ4n) is 2.77. The second-order valence-electron chi connectivity index (χ2n) is 5.41. The maximum Gasteiger partial charge on any atom is 0.184 e. The van der Waals surface area contributed by atoms with Crippen LogP contribution in [0.1, 0.15) is 0 Å². The molecular weight excluding hydrogens is 318 g/mol. The summed E-state index contributed by atoms with van der Waals surface area (Å²) in [5.41, 5.74) is 9.82. The summed E-state index contributed by atoms with van der Waals surface area (Å²) in [6, 6.07) is 15.2. The fourth-order valence-corrected chi connectivity index (χ4v) is 2.77. The maximum atomic E-state index is 6.35. The van der Waals surface area contributed by atoms with Crippen molar-refractivity contribution in [3.05, 3.63) is 54.9 Å². The maximum absolute atomic E-state index is 6.35. The predicted octanol–water partition coefficient (Wildman–Crippen LogP) is 1.53. The van der Waals surface area contributed by atoms with E-state index in [1.807, 2.05) is 48.5 Å². The molecule has 0 fully saturated rings. The summed E-state index contributed by atoms with van der Waals surface area (Å²) < 4.78 is 3.18. The first-order valence-electron chi connectivity index (χ1n) is 7.55. The molecule has 2 N–H and O–H groups in total. The zero-order valence-corrected chi connectivity index (χ0v) is 12.9. The number of anilines is 1. The Morgan fingerprint density at radius 1 is 0.680 bits per heavy atom. The van der Waals surface area contributed by atoms with E-state index in [1.165, 1.54) is 6.33 Å². The van der Waals surface area contributed by atoms with E-state index in [-0.39, 0.29) is 0 Å². The van der Waals surface area contributed by atoms with Gasteiger partial charge in [-0.3, -0.25) is 0 Å². The molecule has 0 unspecified atom stereocenters. The lowest BCUT2D eigenvalue weighted by Crippen LogP contribution is -2.11.